The van der Waals surface area contributed by atoms with Gasteiger partial charge in [0.25, 0.3) is 0 Å². The molecular weight excluding hydrogens is 162 g/mol. The number of hydrogen-bond acceptors (Lipinski definition) is 3. The second kappa shape index (κ2) is 2.69. The average molecular weight is 181 g/mol. The summed E-state index contributed by atoms with van der Waals surface area (Å²) in [5.74, 6) is 0. The Labute approximate surface area is 80.3 Å². The molecule has 13 heavy (non-hydrogen) atoms. The second-order valence-electron chi connectivity index (χ2n) is 5.05. The van der Waals surface area contributed by atoms with E-state index in [2.05, 4.69) is 28.8 Å². The van der Waals surface area contributed by atoms with Crippen LogP contribution in [0.3, 0.4) is 0 Å². The molecule has 0 aromatic carbocycles. The molecule has 3 heterocycles. The lowest BCUT2D eigenvalue weighted by Crippen LogP contribution is -2.61. The van der Waals surface area contributed by atoms with E-state index in [0.717, 1.165) is 18.1 Å². The first kappa shape index (κ1) is 8.21. The Hall–Kier alpha value is -0.120. The topological polar surface area (TPSA) is 9.72 Å². The van der Waals surface area contributed by atoms with Crippen molar-refractivity contribution in [1.29, 1.82) is 0 Å². The van der Waals surface area contributed by atoms with E-state index >= 15 is 0 Å². The van der Waals surface area contributed by atoms with E-state index in [9.17, 15) is 0 Å². The van der Waals surface area contributed by atoms with Gasteiger partial charge in [0, 0.05) is 44.3 Å². The van der Waals surface area contributed by atoms with Crippen molar-refractivity contribution in [3.8, 4) is 0 Å². The average Bonchev–Trinajstić information content (AvgIpc) is 2.56. The van der Waals surface area contributed by atoms with Crippen LogP contribution in [0.2, 0.25) is 0 Å². The molecule has 0 aliphatic carbocycles. The Bertz CT molecular complexity index is 210. The van der Waals surface area contributed by atoms with Crippen LogP contribution in [0.5, 0.6) is 0 Å². The maximum Gasteiger partial charge on any atom is 0.0354 e. The van der Waals surface area contributed by atoms with E-state index in [0.29, 0.717) is 0 Å². The third-order valence-electron chi connectivity index (χ3n) is 4.07. The highest BCUT2D eigenvalue weighted by Gasteiger charge is 2.46. The summed E-state index contributed by atoms with van der Waals surface area (Å²) in [7, 11) is 4.49. The summed E-state index contributed by atoms with van der Waals surface area (Å²) in [5, 5.41) is 0. The van der Waals surface area contributed by atoms with Crippen LogP contribution in [0.4, 0.5) is 0 Å². The summed E-state index contributed by atoms with van der Waals surface area (Å²) in [6, 6.07) is 2.64. The highest BCUT2D eigenvalue weighted by atomic mass is 15.4. The minimum absolute atomic E-state index is 0.871. The number of rotatable bonds is 1. The number of piperazine rings is 1. The van der Waals surface area contributed by atoms with Gasteiger partial charge in [0.2, 0.25) is 0 Å². The number of nitrogens with zero attached hydrogens (tertiary/aromatic N) is 3. The highest BCUT2D eigenvalue weighted by molar-refractivity contribution is 5.03. The molecular formula is C10H19N3. The maximum atomic E-state index is 2.75. The van der Waals surface area contributed by atoms with E-state index in [1.807, 2.05) is 0 Å². The van der Waals surface area contributed by atoms with Gasteiger partial charge in [-0.1, -0.05) is 0 Å². The SMILES string of the molecule is CN1CC(N2CC3CC2CN3C)C1. The van der Waals surface area contributed by atoms with Crippen LogP contribution in [0.25, 0.3) is 0 Å². The van der Waals surface area contributed by atoms with Gasteiger partial charge < -0.3 is 9.80 Å². The van der Waals surface area contributed by atoms with Crippen molar-refractivity contribution in [2.24, 2.45) is 0 Å². The van der Waals surface area contributed by atoms with E-state index in [-0.39, 0.29) is 0 Å². The van der Waals surface area contributed by atoms with E-state index in [1.165, 1.54) is 32.6 Å². The van der Waals surface area contributed by atoms with Crippen molar-refractivity contribution in [1.82, 2.24) is 14.7 Å². The van der Waals surface area contributed by atoms with Crippen LogP contribution in [0.15, 0.2) is 0 Å². The van der Waals surface area contributed by atoms with Crippen molar-refractivity contribution < 1.29 is 0 Å². The number of fused-ring (bicyclic) bond motifs is 2. The zero-order valence-corrected chi connectivity index (χ0v) is 8.61. The van der Waals surface area contributed by atoms with Gasteiger partial charge in [-0.2, -0.15) is 0 Å². The summed E-state index contributed by atoms with van der Waals surface area (Å²) in [6.45, 7) is 5.24. The molecule has 0 aromatic rings. The van der Waals surface area contributed by atoms with Gasteiger partial charge in [0.05, 0.1) is 0 Å². The molecule has 3 heteroatoms. The van der Waals surface area contributed by atoms with E-state index < -0.39 is 0 Å². The maximum absolute atomic E-state index is 2.75. The Morgan fingerprint density at radius 3 is 2.08 bits per heavy atom. The fourth-order valence-electron chi connectivity index (χ4n) is 3.22. The van der Waals surface area contributed by atoms with Crippen molar-refractivity contribution >= 4 is 0 Å². The minimum Gasteiger partial charge on any atom is -0.303 e. The molecule has 0 radical (unpaired) electrons. The lowest BCUT2D eigenvalue weighted by atomic mass is 10.1. The quantitative estimate of drug-likeness (QED) is 0.549. The summed E-state index contributed by atoms with van der Waals surface area (Å²) < 4.78 is 0. The largest absolute Gasteiger partial charge is 0.303 e. The normalized spacial score (nSPS) is 42.9. The lowest BCUT2D eigenvalue weighted by Gasteiger charge is -2.46. The Kier molecular flexibility index (Phi) is 1.70. The van der Waals surface area contributed by atoms with Gasteiger partial charge in [0.1, 0.15) is 0 Å². The summed E-state index contributed by atoms with van der Waals surface area (Å²) in [5.41, 5.74) is 0. The first-order chi connectivity index (χ1) is 6.24. The summed E-state index contributed by atoms with van der Waals surface area (Å²) >= 11 is 0. The van der Waals surface area contributed by atoms with Gasteiger partial charge in [-0.25, -0.2) is 0 Å². The molecule has 3 nitrogen and oxygen atoms in total. The van der Waals surface area contributed by atoms with E-state index in [4.69, 9.17) is 0 Å². The molecule has 0 N–H and O–H groups in total. The monoisotopic (exact) mass is 181 g/mol. The fourth-order valence-corrected chi connectivity index (χ4v) is 3.22. The lowest BCUT2D eigenvalue weighted by molar-refractivity contribution is 0.0185. The molecule has 0 amide bonds. The van der Waals surface area contributed by atoms with Crippen LogP contribution >= 0.6 is 0 Å². The Morgan fingerprint density at radius 1 is 0.846 bits per heavy atom. The molecule has 3 aliphatic rings. The molecule has 2 bridgehead atoms. The molecule has 0 spiro atoms. The molecule has 0 saturated carbocycles. The van der Waals surface area contributed by atoms with Crippen molar-refractivity contribution in [2.45, 2.75) is 24.5 Å². The van der Waals surface area contributed by atoms with Gasteiger partial charge in [-0.3, -0.25) is 4.90 Å². The molecule has 74 valence electrons. The highest BCUT2D eigenvalue weighted by Crippen LogP contribution is 2.32. The third kappa shape index (κ3) is 1.14. The number of likely N-dealkylation sites (N-methyl/N-ethyl adjacent to an activating group) is 2. The van der Waals surface area contributed by atoms with Crippen molar-refractivity contribution in [3.63, 3.8) is 0 Å². The molecule has 3 saturated heterocycles. The van der Waals surface area contributed by atoms with Gasteiger partial charge in [-0.15, -0.1) is 0 Å². The van der Waals surface area contributed by atoms with Gasteiger partial charge >= 0.3 is 0 Å². The number of likely N-dealkylation sites (tertiary alicyclic amines) is 3. The Morgan fingerprint density at radius 2 is 1.62 bits per heavy atom. The smallest absolute Gasteiger partial charge is 0.0354 e. The molecule has 3 fully saturated rings. The first-order valence-electron chi connectivity index (χ1n) is 5.38. The van der Waals surface area contributed by atoms with Crippen LogP contribution < -0.4 is 0 Å². The molecule has 0 aromatic heterocycles. The van der Waals surface area contributed by atoms with Crippen LogP contribution in [0, 0.1) is 0 Å². The molecule has 3 aliphatic heterocycles. The van der Waals surface area contributed by atoms with Crippen LogP contribution in [-0.2, 0) is 0 Å². The molecule has 2 atom stereocenters. The zero-order chi connectivity index (χ0) is 9.00. The third-order valence-corrected chi connectivity index (χ3v) is 4.07. The first-order valence-corrected chi connectivity index (χ1v) is 5.38. The summed E-state index contributed by atoms with van der Waals surface area (Å²) in [4.78, 5) is 7.70. The van der Waals surface area contributed by atoms with Crippen molar-refractivity contribution in [3.05, 3.63) is 0 Å². The Balaban J connectivity index is 1.64. The van der Waals surface area contributed by atoms with Crippen LogP contribution in [-0.4, -0.2) is 73.1 Å². The minimum atomic E-state index is 0.871. The fraction of sp³-hybridized carbons (Fsp3) is 1.00. The molecule has 2 unspecified atom stereocenters. The second-order valence-corrected chi connectivity index (χ2v) is 5.05. The zero-order valence-electron chi connectivity index (χ0n) is 8.61. The standard InChI is InChI=1S/C10H19N3/c1-11-4-10(5-11)13-7-8-3-9(13)6-12(8)2/h8-10H,3-7H2,1-2H3. The van der Waals surface area contributed by atoms with Gasteiger partial charge in [-0.05, 0) is 20.5 Å². The van der Waals surface area contributed by atoms with Crippen molar-refractivity contribution in [2.75, 3.05) is 40.3 Å². The summed E-state index contributed by atoms with van der Waals surface area (Å²) in [6.07, 6.45) is 1.43. The van der Waals surface area contributed by atoms with E-state index in [1.54, 1.807) is 0 Å². The van der Waals surface area contributed by atoms with Gasteiger partial charge in [0.15, 0.2) is 0 Å². The molecule has 3 rings (SSSR count). The van der Waals surface area contributed by atoms with Crippen LogP contribution in [0.1, 0.15) is 6.42 Å². The predicted molar refractivity (Wildman–Crippen MR) is 52.8 cm³/mol. The predicted octanol–water partition coefficient (Wildman–Crippen LogP) is -0.311. The number of hydrogen-bond donors (Lipinski definition) is 0.